The van der Waals surface area contributed by atoms with Crippen molar-refractivity contribution < 1.29 is 4.74 Å². The zero-order valence-electron chi connectivity index (χ0n) is 10.2. The molecule has 0 amide bonds. The molecule has 0 bridgehead atoms. The molecule has 2 heterocycles. The third-order valence-electron chi connectivity index (χ3n) is 3.85. The number of nitrogens with one attached hydrogen (secondary N) is 1. The second-order valence-corrected chi connectivity index (χ2v) is 5.99. The van der Waals surface area contributed by atoms with E-state index >= 15 is 0 Å². The van der Waals surface area contributed by atoms with Crippen molar-refractivity contribution in [3.63, 3.8) is 0 Å². The van der Waals surface area contributed by atoms with Crippen molar-refractivity contribution in [1.82, 2.24) is 15.5 Å². The Bertz CT molecular complexity index is 387. The highest BCUT2D eigenvalue weighted by atomic mass is 32.1. The Labute approximate surface area is 106 Å². The summed E-state index contributed by atoms with van der Waals surface area (Å²) < 4.78 is 6.11. The van der Waals surface area contributed by atoms with Crippen LogP contribution >= 0.6 is 11.3 Å². The average Bonchev–Trinajstić information content (AvgIpc) is 3.00. The zero-order chi connectivity index (χ0) is 11.7. The lowest BCUT2D eigenvalue weighted by atomic mass is 9.91. The van der Waals surface area contributed by atoms with Gasteiger partial charge in [0.15, 0.2) is 0 Å². The van der Waals surface area contributed by atoms with Gasteiger partial charge in [0.05, 0.1) is 18.2 Å². The van der Waals surface area contributed by atoms with Gasteiger partial charge >= 0.3 is 0 Å². The van der Waals surface area contributed by atoms with Crippen LogP contribution in [0.15, 0.2) is 0 Å². The molecule has 4 nitrogen and oxygen atoms in total. The lowest BCUT2D eigenvalue weighted by Crippen LogP contribution is -2.50. The second kappa shape index (κ2) is 4.63. The van der Waals surface area contributed by atoms with Crippen molar-refractivity contribution in [2.24, 2.45) is 0 Å². The highest BCUT2D eigenvalue weighted by Crippen LogP contribution is 2.44. The molecule has 0 aromatic carbocycles. The molecule has 2 fully saturated rings. The number of hydrogen-bond acceptors (Lipinski definition) is 5. The first kappa shape index (κ1) is 11.6. The molecule has 5 heteroatoms. The van der Waals surface area contributed by atoms with E-state index in [0.29, 0.717) is 0 Å². The lowest BCUT2D eigenvalue weighted by molar-refractivity contribution is -0.0936. The van der Waals surface area contributed by atoms with Crippen LogP contribution in [0.25, 0.3) is 0 Å². The first-order chi connectivity index (χ1) is 8.34. The van der Waals surface area contributed by atoms with Crippen LogP contribution in [0.5, 0.6) is 0 Å². The molecule has 2 aliphatic rings. The predicted molar refractivity (Wildman–Crippen MR) is 67.2 cm³/mol. The third kappa shape index (κ3) is 2.00. The Balaban J connectivity index is 1.88. The smallest absolute Gasteiger partial charge is 0.137 e. The van der Waals surface area contributed by atoms with E-state index in [1.807, 2.05) is 0 Å². The molecule has 17 heavy (non-hydrogen) atoms. The fourth-order valence-corrected chi connectivity index (χ4v) is 3.94. The Morgan fingerprint density at radius 2 is 2.24 bits per heavy atom. The molecule has 94 valence electrons. The monoisotopic (exact) mass is 253 g/mol. The maximum absolute atomic E-state index is 6.11. The summed E-state index contributed by atoms with van der Waals surface area (Å²) in [5.41, 5.74) is 0.00277. The molecule has 1 spiro atoms. The van der Waals surface area contributed by atoms with Crippen LogP contribution in [0.2, 0.25) is 0 Å². The number of hydrogen-bond donors (Lipinski definition) is 1. The molecule has 1 aliphatic carbocycles. The van der Waals surface area contributed by atoms with Gasteiger partial charge in [-0.1, -0.05) is 31.1 Å². The van der Waals surface area contributed by atoms with E-state index in [2.05, 4.69) is 22.4 Å². The van der Waals surface area contributed by atoms with E-state index in [1.165, 1.54) is 12.8 Å². The number of aryl methyl sites for hydroxylation is 1. The van der Waals surface area contributed by atoms with Gasteiger partial charge < -0.3 is 10.1 Å². The van der Waals surface area contributed by atoms with Crippen molar-refractivity contribution in [3.8, 4) is 0 Å². The standard InChI is InChI=1S/C12H19N3OS/c1-2-9-14-15-11(17-9)10-12(5-3-4-6-12)16-8-7-13-10/h10,13H,2-8H2,1H3. The summed E-state index contributed by atoms with van der Waals surface area (Å²) >= 11 is 1.74. The van der Waals surface area contributed by atoms with Gasteiger partial charge in [-0.05, 0) is 19.3 Å². The average molecular weight is 253 g/mol. The van der Waals surface area contributed by atoms with Crippen molar-refractivity contribution >= 4 is 11.3 Å². The van der Waals surface area contributed by atoms with Crippen molar-refractivity contribution in [2.75, 3.05) is 13.2 Å². The SMILES string of the molecule is CCc1nnc(C2NCCOC23CCCC3)s1. The lowest BCUT2D eigenvalue weighted by Gasteiger charge is -2.40. The van der Waals surface area contributed by atoms with Crippen LogP contribution in [0.1, 0.15) is 48.7 Å². The molecule has 0 radical (unpaired) electrons. The van der Waals surface area contributed by atoms with Gasteiger partial charge in [-0.25, -0.2) is 0 Å². The second-order valence-electron chi connectivity index (χ2n) is 4.90. The highest BCUT2D eigenvalue weighted by molar-refractivity contribution is 7.11. The van der Waals surface area contributed by atoms with E-state index in [4.69, 9.17) is 4.74 Å². The Hall–Kier alpha value is -0.520. The van der Waals surface area contributed by atoms with E-state index in [-0.39, 0.29) is 11.6 Å². The maximum Gasteiger partial charge on any atom is 0.137 e. The van der Waals surface area contributed by atoms with E-state index in [9.17, 15) is 0 Å². The summed E-state index contributed by atoms with van der Waals surface area (Å²) in [6, 6.07) is 0.261. The van der Waals surface area contributed by atoms with E-state index in [0.717, 1.165) is 42.4 Å². The summed E-state index contributed by atoms with van der Waals surface area (Å²) in [5.74, 6) is 0. The van der Waals surface area contributed by atoms with Crippen LogP contribution in [0.4, 0.5) is 0 Å². The predicted octanol–water partition coefficient (Wildman–Crippen LogP) is 2.07. The molecule has 1 saturated carbocycles. The van der Waals surface area contributed by atoms with Gasteiger partial charge in [0.2, 0.25) is 0 Å². The number of nitrogens with zero attached hydrogens (tertiary/aromatic N) is 2. The van der Waals surface area contributed by atoms with Crippen LogP contribution in [-0.2, 0) is 11.2 Å². The quantitative estimate of drug-likeness (QED) is 0.876. The van der Waals surface area contributed by atoms with Crippen molar-refractivity contribution in [2.45, 2.75) is 50.7 Å². The molecule has 1 aliphatic heterocycles. The number of aromatic nitrogens is 2. The molecule has 1 atom stereocenters. The minimum absolute atomic E-state index is 0.00277. The Morgan fingerprint density at radius 3 is 2.94 bits per heavy atom. The molecule has 1 saturated heterocycles. The molecular formula is C12H19N3OS. The van der Waals surface area contributed by atoms with Gasteiger partial charge in [0.1, 0.15) is 10.0 Å². The number of rotatable bonds is 2. The van der Waals surface area contributed by atoms with Crippen LogP contribution < -0.4 is 5.32 Å². The first-order valence-corrected chi connectivity index (χ1v) is 7.35. The van der Waals surface area contributed by atoms with E-state index in [1.54, 1.807) is 11.3 Å². The zero-order valence-corrected chi connectivity index (χ0v) is 11.1. The third-order valence-corrected chi connectivity index (χ3v) is 4.98. The summed E-state index contributed by atoms with van der Waals surface area (Å²) in [6.07, 6.45) is 5.84. The van der Waals surface area contributed by atoms with Crippen LogP contribution in [-0.4, -0.2) is 29.0 Å². The van der Waals surface area contributed by atoms with Crippen LogP contribution in [0, 0.1) is 0 Å². The molecular weight excluding hydrogens is 234 g/mol. The molecule has 1 aromatic rings. The van der Waals surface area contributed by atoms with Gasteiger partial charge in [0, 0.05) is 6.54 Å². The largest absolute Gasteiger partial charge is 0.372 e. The molecule has 3 rings (SSSR count). The van der Waals surface area contributed by atoms with E-state index < -0.39 is 0 Å². The summed E-state index contributed by atoms with van der Waals surface area (Å²) in [5, 5.41) is 14.4. The highest BCUT2D eigenvalue weighted by Gasteiger charge is 2.46. The molecule has 1 N–H and O–H groups in total. The summed E-state index contributed by atoms with van der Waals surface area (Å²) in [4.78, 5) is 0. The molecule has 1 unspecified atom stereocenters. The summed E-state index contributed by atoms with van der Waals surface area (Å²) in [6.45, 7) is 3.88. The van der Waals surface area contributed by atoms with Crippen molar-refractivity contribution in [1.29, 1.82) is 0 Å². The van der Waals surface area contributed by atoms with Gasteiger partial charge in [-0.2, -0.15) is 0 Å². The van der Waals surface area contributed by atoms with Gasteiger partial charge in [-0.3, -0.25) is 0 Å². The fraction of sp³-hybridized carbons (Fsp3) is 0.833. The first-order valence-electron chi connectivity index (χ1n) is 6.54. The summed E-state index contributed by atoms with van der Waals surface area (Å²) in [7, 11) is 0. The van der Waals surface area contributed by atoms with Gasteiger partial charge in [-0.15, -0.1) is 10.2 Å². The Kier molecular flexibility index (Phi) is 3.15. The number of morpholine rings is 1. The normalized spacial score (nSPS) is 27.7. The Morgan fingerprint density at radius 1 is 1.41 bits per heavy atom. The molecule has 1 aromatic heterocycles. The fourth-order valence-electron chi connectivity index (χ4n) is 2.97. The minimum Gasteiger partial charge on any atom is -0.372 e. The topological polar surface area (TPSA) is 47.0 Å². The van der Waals surface area contributed by atoms with Crippen LogP contribution in [0.3, 0.4) is 0 Å². The van der Waals surface area contributed by atoms with Gasteiger partial charge in [0.25, 0.3) is 0 Å². The van der Waals surface area contributed by atoms with Crippen molar-refractivity contribution in [3.05, 3.63) is 10.0 Å². The maximum atomic E-state index is 6.11. The minimum atomic E-state index is 0.00277. The number of ether oxygens (including phenoxy) is 1.